The van der Waals surface area contributed by atoms with Gasteiger partial charge in [-0.2, -0.15) is 5.10 Å². The minimum atomic E-state index is 0.525. The second kappa shape index (κ2) is 8.52. The van der Waals surface area contributed by atoms with Crippen LogP contribution in [-0.4, -0.2) is 23.8 Å². The van der Waals surface area contributed by atoms with Gasteiger partial charge in [-0.05, 0) is 37.2 Å². The van der Waals surface area contributed by atoms with Gasteiger partial charge in [0, 0.05) is 24.7 Å². The third-order valence-corrected chi connectivity index (χ3v) is 5.50. The zero-order valence-corrected chi connectivity index (χ0v) is 14.7. The highest BCUT2D eigenvalue weighted by atomic mass is 15.5. The average Bonchev–Trinajstić information content (AvgIpc) is 2.99. The molecule has 1 aromatic carbocycles. The molecule has 0 amide bonds. The van der Waals surface area contributed by atoms with Crippen molar-refractivity contribution < 1.29 is 0 Å². The van der Waals surface area contributed by atoms with Crippen LogP contribution in [-0.2, 0) is 0 Å². The summed E-state index contributed by atoms with van der Waals surface area (Å²) >= 11 is 0. The molecule has 3 rings (SSSR count). The third kappa shape index (κ3) is 4.59. The van der Waals surface area contributed by atoms with Crippen LogP contribution in [0.5, 0.6) is 0 Å². The predicted molar refractivity (Wildman–Crippen MR) is 98.9 cm³/mol. The number of hydrogen-bond donors (Lipinski definition) is 0. The van der Waals surface area contributed by atoms with Gasteiger partial charge >= 0.3 is 0 Å². The van der Waals surface area contributed by atoms with Crippen molar-refractivity contribution in [3.8, 4) is 0 Å². The van der Waals surface area contributed by atoms with Gasteiger partial charge in [-0.3, -0.25) is 5.01 Å². The van der Waals surface area contributed by atoms with E-state index < -0.39 is 0 Å². The largest absolute Gasteiger partial charge is 0.296 e. The first-order valence-corrected chi connectivity index (χ1v) is 9.74. The number of hydrogen-bond acceptors (Lipinski definition) is 2. The molecule has 1 aromatic rings. The van der Waals surface area contributed by atoms with Crippen LogP contribution in [0.25, 0.3) is 0 Å². The fourth-order valence-electron chi connectivity index (χ4n) is 4.15. The van der Waals surface area contributed by atoms with Crippen LogP contribution in [0, 0.1) is 5.92 Å². The van der Waals surface area contributed by atoms with E-state index in [0.717, 1.165) is 12.5 Å². The fraction of sp³-hybridized carbons (Fsp3) is 0.667. The Hall–Kier alpha value is -1.31. The first-order valence-electron chi connectivity index (χ1n) is 9.74. The number of hydrazone groups is 1. The Labute approximate surface area is 142 Å². The van der Waals surface area contributed by atoms with Gasteiger partial charge in [0.1, 0.15) is 0 Å². The summed E-state index contributed by atoms with van der Waals surface area (Å²) in [5.74, 6) is 1.40. The number of nitrogens with zero attached hydrogens (tertiary/aromatic N) is 2. The zero-order valence-electron chi connectivity index (χ0n) is 14.7. The Morgan fingerprint density at radius 1 is 1.04 bits per heavy atom. The molecule has 23 heavy (non-hydrogen) atoms. The minimum Gasteiger partial charge on any atom is -0.296 e. The van der Waals surface area contributed by atoms with Crippen molar-refractivity contribution in [3.63, 3.8) is 0 Å². The van der Waals surface area contributed by atoms with E-state index >= 15 is 0 Å². The molecule has 0 saturated heterocycles. The van der Waals surface area contributed by atoms with Crippen molar-refractivity contribution in [2.75, 3.05) is 13.1 Å². The quantitative estimate of drug-likeness (QED) is 0.598. The second-order valence-corrected chi connectivity index (χ2v) is 7.39. The molecule has 1 saturated carbocycles. The third-order valence-electron chi connectivity index (χ3n) is 5.50. The molecule has 126 valence electrons. The maximum absolute atomic E-state index is 5.06. The van der Waals surface area contributed by atoms with Crippen LogP contribution in [0.1, 0.15) is 76.2 Å². The van der Waals surface area contributed by atoms with Crippen LogP contribution >= 0.6 is 0 Å². The molecule has 0 N–H and O–H groups in total. The lowest BCUT2D eigenvalue weighted by Crippen LogP contribution is -2.26. The molecular formula is C21H32N2. The van der Waals surface area contributed by atoms with Crippen molar-refractivity contribution in [1.29, 1.82) is 0 Å². The smallest absolute Gasteiger partial charge is 0.0482 e. The minimum absolute atomic E-state index is 0.525. The van der Waals surface area contributed by atoms with Crippen LogP contribution < -0.4 is 0 Å². The highest BCUT2D eigenvalue weighted by molar-refractivity contribution is 5.92. The van der Waals surface area contributed by atoms with Crippen molar-refractivity contribution >= 4 is 5.71 Å². The average molecular weight is 313 g/mol. The maximum atomic E-state index is 5.06. The topological polar surface area (TPSA) is 15.6 Å². The van der Waals surface area contributed by atoms with Crippen LogP contribution in [0.2, 0.25) is 0 Å². The molecule has 0 radical (unpaired) electrons. The molecule has 1 fully saturated rings. The monoisotopic (exact) mass is 312 g/mol. The summed E-state index contributed by atoms with van der Waals surface area (Å²) in [7, 11) is 0. The summed E-state index contributed by atoms with van der Waals surface area (Å²) in [5, 5.41) is 7.46. The molecule has 1 atom stereocenters. The van der Waals surface area contributed by atoms with E-state index in [1.807, 2.05) is 0 Å². The summed E-state index contributed by atoms with van der Waals surface area (Å²) in [6.45, 7) is 4.56. The van der Waals surface area contributed by atoms with Crippen molar-refractivity contribution in [3.05, 3.63) is 35.9 Å². The van der Waals surface area contributed by atoms with E-state index in [1.54, 1.807) is 0 Å². The van der Waals surface area contributed by atoms with Gasteiger partial charge in [-0.25, -0.2) is 0 Å². The van der Waals surface area contributed by atoms with E-state index in [1.165, 1.54) is 75.6 Å². The summed E-state index contributed by atoms with van der Waals surface area (Å²) in [6, 6.07) is 11.0. The lowest BCUT2D eigenvalue weighted by atomic mass is 9.88. The molecule has 1 heterocycles. The molecular weight excluding hydrogens is 280 g/mol. The molecule has 1 aliphatic carbocycles. The van der Waals surface area contributed by atoms with Gasteiger partial charge in [0.25, 0.3) is 0 Å². The van der Waals surface area contributed by atoms with Gasteiger partial charge in [-0.1, -0.05) is 69.4 Å². The lowest BCUT2D eigenvalue weighted by Gasteiger charge is -2.26. The summed E-state index contributed by atoms with van der Waals surface area (Å²) in [6.07, 6.45) is 12.2. The molecule has 2 aliphatic rings. The SMILES string of the molecule is CCCCCC1=NN(CC2CCCCC2)CC1c1ccccc1. The highest BCUT2D eigenvalue weighted by Crippen LogP contribution is 2.31. The van der Waals surface area contributed by atoms with E-state index in [-0.39, 0.29) is 0 Å². The van der Waals surface area contributed by atoms with E-state index in [4.69, 9.17) is 5.10 Å². The van der Waals surface area contributed by atoms with Gasteiger partial charge in [0.05, 0.1) is 0 Å². The molecule has 1 aliphatic heterocycles. The molecule has 1 unspecified atom stereocenters. The summed E-state index contributed by atoms with van der Waals surface area (Å²) < 4.78 is 0. The van der Waals surface area contributed by atoms with Crippen LogP contribution in [0.3, 0.4) is 0 Å². The standard InChI is InChI=1S/C21H32N2/c1-2-3-6-15-21-20(19-13-9-5-10-14-19)17-23(22-21)16-18-11-7-4-8-12-18/h5,9-10,13-14,18,20H,2-4,6-8,11-12,15-17H2,1H3. The van der Waals surface area contributed by atoms with Crippen molar-refractivity contribution in [2.45, 2.75) is 70.6 Å². The summed E-state index contributed by atoms with van der Waals surface area (Å²) in [5.41, 5.74) is 2.88. The van der Waals surface area contributed by atoms with E-state index in [0.29, 0.717) is 5.92 Å². The van der Waals surface area contributed by atoms with E-state index in [2.05, 4.69) is 42.3 Å². The van der Waals surface area contributed by atoms with Gasteiger partial charge in [0.15, 0.2) is 0 Å². The first kappa shape index (κ1) is 16.5. The van der Waals surface area contributed by atoms with Crippen LogP contribution in [0.15, 0.2) is 35.4 Å². The normalized spacial score (nSPS) is 22.4. The van der Waals surface area contributed by atoms with Gasteiger partial charge in [-0.15, -0.1) is 0 Å². The van der Waals surface area contributed by atoms with Crippen LogP contribution in [0.4, 0.5) is 0 Å². The molecule has 2 heteroatoms. The molecule has 0 bridgehead atoms. The number of benzene rings is 1. The van der Waals surface area contributed by atoms with Gasteiger partial charge in [0.2, 0.25) is 0 Å². The first-order chi connectivity index (χ1) is 11.4. The zero-order chi connectivity index (χ0) is 15.9. The Morgan fingerprint density at radius 3 is 2.57 bits per heavy atom. The Morgan fingerprint density at radius 2 is 1.83 bits per heavy atom. The maximum Gasteiger partial charge on any atom is 0.0482 e. The highest BCUT2D eigenvalue weighted by Gasteiger charge is 2.29. The second-order valence-electron chi connectivity index (χ2n) is 7.39. The molecule has 0 spiro atoms. The fourth-order valence-corrected chi connectivity index (χ4v) is 4.15. The summed E-state index contributed by atoms with van der Waals surface area (Å²) in [4.78, 5) is 0. The molecule has 0 aromatic heterocycles. The van der Waals surface area contributed by atoms with Gasteiger partial charge < -0.3 is 0 Å². The Kier molecular flexibility index (Phi) is 6.13. The predicted octanol–water partition coefficient (Wildman–Crippen LogP) is 5.60. The van der Waals surface area contributed by atoms with E-state index in [9.17, 15) is 0 Å². The molecule has 2 nitrogen and oxygen atoms in total. The Bertz CT molecular complexity index is 488. The number of rotatable bonds is 7. The number of unbranched alkanes of at least 4 members (excludes halogenated alkanes) is 2. The lowest BCUT2D eigenvalue weighted by molar-refractivity contribution is 0.219. The van der Waals surface area contributed by atoms with Crippen molar-refractivity contribution in [1.82, 2.24) is 5.01 Å². The Balaban J connectivity index is 1.65. The van der Waals surface area contributed by atoms with Crippen molar-refractivity contribution in [2.24, 2.45) is 11.0 Å².